The summed E-state index contributed by atoms with van der Waals surface area (Å²) in [5.74, 6) is 1.28. The van der Waals surface area contributed by atoms with Crippen molar-refractivity contribution in [1.82, 2.24) is 10.2 Å². The fraction of sp³-hybridized carbons (Fsp3) is 0.562. The van der Waals surface area contributed by atoms with Crippen LogP contribution < -0.4 is 10.1 Å². The fourth-order valence-electron chi connectivity index (χ4n) is 2.99. The minimum absolute atomic E-state index is 0.0113. The Kier molecular flexibility index (Phi) is 3.92. The van der Waals surface area contributed by atoms with Crippen molar-refractivity contribution < 1.29 is 9.53 Å². The van der Waals surface area contributed by atoms with Gasteiger partial charge < -0.3 is 15.0 Å². The van der Waals surface area contributed by atoms with Gasteiger partial charge in [0, 0.05) is 26.1 Å². The second-order valence-corrected chi connectivity index (χ2v) is 5.53. The lowest BCUT2D eigenvalue weighted by molar-refractivity contribution is -0.135. The van der Waals surface area contributed by atoms with Crippen LogP contribution in [0.2, 0.25) is 0 Å². The molecule has 108 valence electrons. The van der Waals surface area contributed by atoms with E-state index in [2.05, 4.69) is 30.4 Å². The topological polar surface area (TPSA) is 41.6 Å². The highest BCUT2D eigenvalue weighted by molar-refractivity contribution is 5.82. The lowest BCUT2D eigenvalue weighted by atomic mass is 10.1. The highest BCUT2D eigenvalue weighted by Crippen LogP contribution is 2.26. The van der Waals surface area contributed by atoms with E-state index >= 15 is 0 Å². The van der Waals surface area contributed by atoms with E-state index in [0.717, 1.165) is 51.3 Å². The van der Waals surface area contributed by atoms with Gasteiger partial charge in [0.25, 0.3) is 0 Å². The molecule has 2 aliphatic rings. The van der Waals surface area contributed by atoms with Crippen LogP contribution in [0, 0.1) is 0 Å². The Bertz CT molecular complexity index is 501. The maximum atomic E-state index is 12.2. The molecule has 0 aliphatic carbocycles. The number of fused-ring (bicyclic) bond motifs is 1. The van der Waals surface area contributed by atoms with E-state index in [-0.39, 0.29) is 11.9 Å². The first-order valence-corrected chi connectivity index (χ1v) is 7.54. The van der Waals surface area contributed by atoms with Crippen LogP contribution in [-0.2, 0) is 17.6 Å². The highest BCUT2D eigenvalue weighted by atomic mass is 16.5. The molecule has 1 N–H and O–H groups in total. The lowest BCUT2D eigenvalue weighted by Gasteiger charge is -2.32. The molecule has 0 aromatic heterocycles. The Morgan fingerprint density at radius 3 is 3.20 bits per heavy atom. The van der Waals surface area contributed by atoms with Crippen molar-refractivity contribution in [3.05, 3.63) is 29.3 Å². The summed E-state index contributed by atoms with van der Waals surface area (Å²) in [6.45, 7) is 5.40. The van der Waals surface area contributed by atoms with Gasteiger partial charge >= 0.3 is 0 Å². The SMILES string of the molecule is CCC1NCCN(CCc2ccc3c(c2)CCO3)C1=O. The third kappa shape index (κ3) is 2.66. The molecular weight excluding hydrogens is 252 g/mol. The van der Waals surface area contributed by atoms with E-state index in [4.69, 9.17) is 4.74 Å². The van der Waals surface area contributed by atoms with Crippen molar-refractivity contribution in [2.24, 2.45) is 0 Å². The summed E-state index contributed by atoms with van der Waals surface area (Å²) in [4.78, 5) is 14.2. The number of hydrogen-bond donors (Lipinski definition) is 1. The van der Waals surface area contributed by atoms with Crippen LogP contribution in [0.25, 0.3) is 0 Å². The average molecular weight is 274 g/mol. The number of benzene rings is 1. The molecule has 0 radical (unpaired) electrons. The van der Waals surface area contributed by atoms with Gasteiger partial charge in [-0.2, -0.15) is 0 Å². The van der Waals surface area contributed by atoms with Crippen LogP contribution in [0.15, 0.2) is 18.2 Å². The van der Waals surface area contributed by atoms with E-state index in [0.29, 0.717) is 0 Å². The fourth-order valence-corrected chi connectivity index (χ4v) is 2.99. The third-order valence-electron chi connectivity index (χ3n) is 4.21. The maximum absolute atomic E-state index is 12.2. The van der Waals surface area contributed by atoms with E-state index in [1.807, 2.05) is 4.90 Å². The van der Waals surface area contributed by atoms with Gasteiger partial charge in [0.05, 0.1) is 12.6 Å². The summed E-state index contributed by atoms with van der Waals surface area (Å²) in [6, 6.07) is 6.42. The van der Waals surface area contributed by atoms with Crippen molar-refractivity contribution >= 4 is 5.91 Å². The normalized spacial score (nSPS) is 21.8. The van der Waals surface area contributed by atoms with Crippen molar-refractivity contribution in [3.63, 3.8) is 0 Å². The van der Waals surface area contributed by atoms with Crippen molar-refractivity contribution in [3.8, 4) is 5.75 Å². The molecule has 1 atom stereocenters. The number of piperazine rings is 1. The van der Waals surface area contributed by atoms with E-state index in [1.54, 1.807) is 0 Å². The molecule has 2 aliphatic heterocycles. The van der Waals surface area contributed by atoms with Crippen LogP contribution >= 0.6 is 0 Å². The number of carbonyl (C=O) groups is 1. The summed E-state index contributed by atoms with van der Waals surface area (Å²) in [5, 5.41) is 3.27. The molecule has 0 bridgehead atoms. The molecule has 1 aromatic carbocycles. The van der Waals surface area contributed by atoms with Gasteiger partial charge in [0.15, 0.2) is 0 Å². The van der Waals surface area contributed by atoms with Crippen LogP contribution in [0.1, 0.15) is 24.5 Å². The zero-order valence-corrected chi connectivity index (χ0v) is 12.0. The van der Waals surface area contributed by atoms with Gasteiger partial charge in [-0.15, -0.1) is 0 Å². The average Bonchev–Trinajstić information content (AvgIpc) is 2.93. The van der Waals surface area contributed by atoms with Crippen LogP contribution in [0.5, 0.6) is 5.75 Å². The Morgan fingerprint density at radius 1 is 1.45 bits per heavy atom. The van der Waals surface area contributed by atoms with Crippen LogP contribution in [0.3, 0.4) is 0 Å². The van der Waals surface area contributed by atoms with Gasteiger partial charge in [0.2, 0.25) is 5.91 Å². The summed E-state index contributed by atoms with van der Waals surface area (Å²) in [6.07, 6.45) is 2.80. The monoisotopic (exact) mass is 274 g/mol. The zero-order valence-electron chi connectivity index (χ0n) is 12.0. The first kappa shape index (κ1) is 13.4. The quantitative estimate of drug-likeness (QED) is 0.902. The molecule has 4 heteroatoms. The Hall–Kier alpha value is -1.55. The summed E-state index contributed by atoms with van der Waals surface area (Å²) < 4.78 is 5.52. The molecule has 20 heavy (non-hydrogen) atoms. The largest absolute Gasteiger partial charge is 0.493 e. The van der Waals surface area contributed by atoms with Crippen molar-refractivity contribution in [2.45, 2.75) is 32.2 Å². The highest BCUT2D eigenvalue weighted by Gasteiger charge is 2.26. The Morgan fingerprint density at radius 2 is 2.35 bits per heavy atom. The lowest BCUT2D eigenvalue weighted by Crippen LogP contribution is -2.55. The zero-order chi connectivity index (χ0) is 13.9. The number of amides is 1. The number of hydrogen-bond acceptors (Lipinski definition) is 3. The second-order valence-electron chi connectivity index (χ2n) is 5.53. The maximum Gasteiger partial charge on any atom is 0.239 e. The summed E-state index contributed by atoms with van der Waals surface area (Å²) in [7, 11) is 0. The van der Waals surface area contributed by atoms with Gasteiger partial charge in [-0.3, -0.25) is 4.79 Å². The first-order valence-electron chi connectivity index (χ1n) is 7.54. The molecule has 1 aromatic rings. The molecule has 4 nitrogen and oxygen atoms in total. The molecule has 1 amide bonds. The van der Waals surface area contributed by atoms with Crippen molar-refractivity contribution in [2.75, 3.05) is 26.2 Å². The van der Waals surface area contributed by atoms with E-state index in [9.17, 15) is 4.79 Å². The van der Waals surface area contributed by atoms with Crippen molar-refractivity contribution in [1.29, 1.82) is 0 Å². The molecule has 0 saturated carbocycles. The standard InChI is InChI=1S/C16H22N2O2/c1-2-14-16(19)18(9-7-17-14)8-5-12-3-4-15-13(11-12)6-10-20-15/h3-4,11,14,17H,2,5-10H2,1H3. The van der Waals surface area contributed by atoms with Gasteiger partial charge in [-0.1, -0.05) is 19.1 Å². The van der Waals surface area contributed by atoms with E-state index in [1.165, 1.54) is 11.1 Å². The van der Waals surface area contributed by atoms with Crippen LogP contribution in [0.4, 0.5) is 0 Å². The summed E-state index contributed by atoms with van der Waals surface area (Å²) in [5.41, 5.74) is 2.61. The number of rotatable bonds is 4. The number of nitrogens with one attached hydrogen (secondary N) is 1. The Labute approximate surface area is 120 Å². The van der Waals surface area contributed by atoms with Crippen LogP contribution in [-0.4, -0.2) is 43.1 Å². The molecular formula is C16H22N2O2. The molecule has 1 fully saturated rings. The molecule has 1 saturated heterocycles. The third-order valence-corrected chi connectivity index (χ3v) is 4.21. The Balaban J connectivity index is 1.60. The number of carbonyl (C=O) groups excluding carboxylic acids is 1. The van der Waals surface area contributed by atoms with E-state index < -0.39 is 0 Å². The number of nitrogens with zero attached hydrogens (tertiary/aromatic N) is 1. The smallest absolute Gasteiger partial charge is 0.239 e. The minimum Gasteiger partial charge on any atom is -0.493 e. The van der Waals surface area contributed by atoms with Gasteiger partial charge in [-0.25, -0.2) is 0 Å². The molecule has 1 unspecified atom stereocenters. The predicted molar refractivity (Wildman–Crippen MR) is 78.0 cm³/mol. The second kappa shape index (κ2) is 5.83. The molecule has 3 rings (SSSR count). The predicted octanol–water partition coefficient (Wildman–Crippen LogP) is 1.37. The molecule has 2 heterocycles. The summed E-state index contributed by atoms with van der Waals surface area (Å²) >= 11 is 0. The first-order chi connectivity index (χ1) is 9.78. The van der Waals surface area contributed by atoms with Gasteiger partial charge in [-0.05, 0) is 30.0 Å². The molecule has 0 spiro atoms. The minimum atomic E-state index is 0.0113. The number of ether oxygens (including phenoxy) is 1. The van der Waals surface area contributed by atoms with Gasteiger partial charge in [0.1, 0.15) is 5.75 Å².